The number of aryl methyl sites for hydroxylation is 1. The van der Waals surface area contributed by atoms with E-state index in [0.717, 1.165) is 21.3 Å². The first kappa shape index (κ1) is 21.5. The van der Waals surface area contributed by atoms with Gasteiger partial charge in [-0.3, -0.25) is 9.59 Å². The summed E-state index contributed by atoms with van der Waals surface area (Å²) in [5, 5.41) is 14.6. The van der Waals surface area contributed by atoms with Crippen molar-refractivity contribution >= 4 is 33.2 Å². The molecule has 0 saturated heterocycles. The number of rotatable bonds is 5. The van der Waals surface area contributed by atoms with Gasteiger partial charge in [0, 0.05) is 33.8 Å². The summed E-state index contributed by atoms with van der Waals surface area (Å²) in [4.78, 5) is 25.4. The Bertz CT molecular complexity index is 959. The summed E-state index contributed by atoms with van der Waals surface area (Å²) in [6.07, 6.45) is 0.199. The molecule has 2 aromatic rings. The van der Waals surface area contributed by atoms with Crippen molar-refractivity contribution in [3.63, 3.8) is 0 Å². The summed E-state index contributed by atoms with van der Waals surface area (Å²) in [5.74, 6) is -1.43. The molecular formula is C24H26BrNO3. The summed E-state index contributed by atoms with van der Waals surface area (Å²) >= 11 is 3.42. The van der Waals surface area contributed by atoms with Crippen molar-refractivity contribution in [2.75, 3.05) is 5.32 Å². The van der Waals surface area contributed by atoms with Gasteiger partial charge in [-0.05, 0) is 57.5 Å². The average Bonchev–Trinajstić information content (AvgIpc) is 2.62. The third-order valence-corrected chi connectivity index (χ3v) is 6.10. The lowest BCUT2D eigenvalue weighted by atomic mass is 9.64. The van der Waals surface area contributed by atoms with E-state index in [1.54, 1.807) is 6.92 Å². The van der Waals surface area contributed by atoms with Gasteiger partial charge in [0.2, 0.25) is 0 Å². The molecule has 0 unspecified atom stereocenters. The average molecular weight is 456 g/mol. The van der Waals surface area contributed by atoms with Crippen molar-refractivity contribution in [2.45, 2.75) is 45.6 Å². The lowest BCUT2D eigenvalue weighted by Crippen LogP contribution is -2.48. The molecule has 0 radical (unpaired) electrons. The lowest BCUT2D eigenvalue weighted by Gasteiger charge is -2.43. The number of allylic oxidation sites excluding steroid dienone is 1. The molecule has 0 heterocycles. The van der Waals surface area contributed by atoms with Crippen LogP contribution in [-0.4, -0.2) is 22.3 Å². The van der Waals surface area contributed by atoms with Gasteiger partial charge in [0.05, 0.1) is 11.5 Å². The van der Waals surface area contributed by atoms with E-state index in [1.165, 1.54) is 13.8 Å². The van der Waals surface area contributed by atoms with Crippen molar-refractivity contribution in [1.29, 1.82) is 0 Å². The molecule has 2 N–H and O–H groups in total. The van der Waals surface area contributed by atoms with Crippen LogP contribution < -0.4 is 5.32 Å². The molecule has 0 fully saturated rings. The molecule has 0 amide bonds. The maximum atomic E-state index is 12.8. The van der Waals surface area contributed by atoms with E-state index in [0.29, 0.717) is 11.3 Å². The van der Waals surface area contributed by atoms with Crippen molar-refractivity contribution in [3.8, 4) is 0 Å². The summed E-state index contributed by atoms with van der Waals surface area (Å²) < 4.78 is 0.952. The van der Waals surface area contributed by atoms with E-state index in [2.05, 4.69) is 21.2 Å². The molecule has 3 rings (SSSR count). The summed E-state index contributed by atoms with van der Waals surface area (Å²) in [5.41, 5.74) is 2.71. The maximum Gasteiger partial charge on any atom is 0.158 e. The van der Waals surface area contributed by atoms with E-state index >= 15 is 0 Å². The molecule has 2 aromatic carbocycles. The van der Waals surface area contributed by atoms with E-state index in [9.17, 15) is 14.7 Å². The fraction of sp³-hybridized carbons (Fsp3) is 0.333. The van der Waals surface area contributed by atoms with Crippen LogP contribution in [0.2, 0.25) is 0 Å². The van der Waals surface area contributed by atoms with Crippen LogP contribution in [0.3, 0.4) is 0 Å². The van der Waals surface area contributed by atoms with Crippen LogP contribution >= 0.6 is 15.9 Å². The molecule has 3 atom stereocenters. The fourth-order valence-electron chi connectivity index (χ4n) is 4.33. The van der Waals surface area contributed by atoms with Gasteiger partial charge in [-0.2, -0.15) is 0 Å². The van der Waals surface area contributed by atoms with E-state index in [4.69, 9.17) is 0 Å². The molecule has 0 aromatic heterocycles. The smallest absolute Gasteiger partial charge is 0.158 e. The molecule has 29 heavy (non-hydrogen) atoms. The van der Waals surface area contributed by atoms with Gasteiger partial charge in [0.25, 0.3) is 0 Å². The molecular weight excluding hydrogens is 430 g/mol. The van der Waals surface area contributed by atoms with Crippen LogP contribution in [0.4, 0.5) is 5.69 Å². The molecule has 0 saturated carbocycles. The minimum absolute atomic E-state index is 0.100. The molecule has 0 aliphatic heterocycles. The number of Topliss-reactive ketones (excluding diaryl/α,β-unsaturated/α-hetero) is 2. The monoisotopic (exact) mass is 455 g/mol. The minimum atomic E-state index is -1.28. The first-order chi connectivity index (χ1) is 13.6. The van der Waals surface area contributed by atoms with Gasteiger partial charge in [-0.1, -0.05) is 45.8 Å². The highest BCUT2D eigenvalue weighted by Crippen LogP contribution is 2.47. The molecule has 4 nitrogen and oxygen atoms in total. The number of hydrogen-bond acceptors (Lipinski definition) is 4. The van der Waals surface area contributed by atoms with Crippen LogP contribution in [0.1, 0.15) is 44.2 Å². The second kappa shape index (κ2) is 8.25. The predicted octanol–water partition coefficient (Wildman–Crippen LogP) is 5.16. The Labute approximate surface area is 180 Å². The summed E-state index contributed by atoms with van der Waals surface area (Å²) in [7, 11) is 0. The number of anilines is 1. The Morgan fingerprint density at radius 3 is 2.17 bits per heavy atom. The predicted molar refractivity (Wildman–Crippen MR) is 119 cm³/mol. The Kier molecular flexibility index (Phi) is 6.11. The molecule has 0 spiro atoms. The minimum Gasteiger partial charge on any atom is -0.389 e. The Balaban J connectivity index is 2.19. The largest absolute Gasteiger partial charge is 0.389 e. The molecule has 0 bridgehead atoms. The SMILES string of the molecule is CC(=O)C1=C(Nc2ccc(Br)cc2)C[C@](C)(O)[C@@H](C(C)=O)[C@H]1c1ccc(C)cc1. The maximum absolute atomic E-state index is 12.8. The quantitative estimate of drug-likeness (QED) is 0.653. The highest BCUT2D eigenvalue weighted by Gasteiger charge is 2.49. The van der Waals surface area contributed by atoms with Crippen LogP contribution in [0, 0.1) is 12.8 Å². The number of carbonyl (C=O) groups excluding carboxylic acids is 2. The Morgan fingerprint density at radius 2 is 1.66 bits per heavy atom. The van der Waals surface area contributed by atoms with Gasteiger partial charge in [0.1, 0.15) is 5.78 Å². The van der Waals surface area contributed by atoms with E-state index in [-0.39, 0.29) is 18.0 Å². The van der Waals surface area contributed by atoms with Crippen LogP contribution in [0.5, 0.6) is 0 Å². The molecule has 1 aliphatic carbocycles. The van der Waals surface area contributed by atoms with Crippen LogP contribution in [-0.2, 0) is 9.59 Å². The highest BCUT2D eigenvalue weighted by atomic mass is 79.9. The van der Waals surface area contributed by atoms with Gasteiger partial charge in [0.15, 0.2) is 5.78 Å². The van der Waals surface area contributed by atoms with Crippen molar-refractivity contribution < 1.29 is 14.7 Å². The Morgan fingerprint density at radius 1 is 1.07 bits per heavy atom. The highest BCUT2D eigenvalue weighted by molar-refractivity contribution is 9.10. The molecule has 1 aliphatic rings. The lowest BCUT2D eigenvalue weighted by molar-refractivity contribution is -0.131. The molecule has 152 valence electrons. The first-order valence-electron chi connectivity index (χ1n) is 9.66. The number of benzene rings is 2. The number of hydrogen-bond donors (Lipinski definition) is 2. The summed E-state index contributed by atoms with van der Waals surface area (Å²) in [6, 6.07) is 15.4. The fourth-order valence-corrected chi connectivity index (χ4v) is 4.60. The van der Waals surface area contributed by atoms with Crippen molar-refractivity contribution in [2.24, 2.45) is 5.92 Å². The van der Waals surface area contributed by atoms with Gasteiger partial charge in [-0.15, -0.1) is 0 Å². The zero-order chi connectivity index (χ0) is 21.3. The van der Waals surface area contributed by atoms with Gasteiger partial charge < -0.3 is 10.4 Å². The van der Waals surface area contributed by atoms with Crippen LogP contribution in [0.25, 0.3) is 0 Å². The van der Waals surface area contributed by atoms with Gasteiger partial charge >= 0.3 is 0 Å². The third-order valence-electron chi connectivity index (χ3n) is 5.57. The zero-order valence-electron chi connectivity index (χ0n) is 17.1. The van der Waals surface area contributed by atoms with Gasteiger partial charge in [-0.25, -0.2) is 0 Å². The first-order valence-corrected chi connectivity index (χ1v) is 10.5. The number of carbonyl (C=O) groups is 2. The topological polar surface area (TPSA) is 66.4 Å². The summed E-state index contributed by atoms with van der Waals surface area (Å²) in [6.45, 7) is 6.69. The zero-order valence-corrected chi connectivity index (χ0v) is 18.7. The third kappa shape index (κ3) is 4.51. The molecule has 5 heteroatoms. The van der Waals surface area contributed by atoms with E-state index < -0.39 is 17.4 Å². The number of aliphatic hydroxyl groups is 1. The van der Waals surface area contributed by atoms with Crippen molar-refractivity contribution in [3.05, 3.63) is 75.4 Å². The number of nitrogens with one attached hydrogen (secondary N) is 1. The Hall–Kier alpha value is -2.24. The number of halogens is 1. The van der Waals surface area contributed by atoms with Crippen molar-refractivity contribution in [1.82, 2.24) is 0 Å². The standard InChI is InChI=1S/C24H26BrNO3/c1-14-5-7-17(8-6-14)22-21(15(2)27)20(13-24(4,29)23(22)16(3)28)26-19-11-9-18(25)10-12-19/h5-12,22-23,26,29H,13H2,1-4H3/t22-,23-,24-/m0/s1. The van der Waals surface area contributed by atoms with E-state index in [1.807, 2.05) is 55.5 Å². The second-order valence-electron chi connectivity index (χ2n) is 8.09. The normalized spacial score (nSPS) is 24.3. The van der Waals surface area contributed by atoms with Crippen LogP contribution in [0.15, 0.2) is 64.3 Å². The second-order valence-corrected chi connectivity index (χ2v) is 9.01. The number of ketones is 2.